The third-order valence-corrected chi connectivity index (χ3v) is 3.98. The van der Waals surface area contributed by atoms with E-state index < -0.39 is 4.92 Å². The number of nitrogens with zero attached hydrogens (tertiary/aromatic N) is 2. The first-order valence-electron chi connectivity index (χ1n) is 7.49. The van der Waals surface area contributed by atoms with Crippen molar-refractivity contribution in [2.45, 2.75) is 26.2 Å². The number of nitro groups is 1. The van der Waals surface area contributed by atoms with Crippen molar-refractivity contribution in [3.63, 3.8) is 0 Å². The predicted molar refractivity (Wildman–Crippen MR) is 82.9 cm³/mol. The second kappa shape index (κ2) is 7.22. The number of hydrogen-bond donors (Lipinski definition) is 2. The van der Waals surface area contributed by atoms with Gasteiger partial charge >= 0.3 is 6.03 Å². The van der Waals surface area contributed by atoms with Crippen molar-refractivity contribution in [2.24, 2.45) is 5.92 Å². The average Bonchev–Trinajstić information content (AvgIpc) is 2.54. The Labute approximate surface area is 129 Å². The molecule has 1 aromatic rings. The Morgan fingerprint density at radius 2 is 2.32 bits per heavy atom. The van der Waals surface area contributed by atoms with E-state index in [1.54, 1.807) is 17.0 Å². The highest BCUT2D eigenvalue weighted by Gasteiger charge is 2.23. The van der Waals surface area contributed by atoms with Crippen molar-refractivity contribution in [1.29, 1.82) is 0 Å². The Morgan fingerprint density at radius 1 is 1.55 bits per heavy atom. The van der Waals surface area contributed by atoms with E-state index in [2.05, 4.69) is 5.32 Å². The Balaban J connectivity index is 2.08. The first kappa shape index (κ1) is 16.2. The number of benzene rings is 1. The Hall–Kier alpha value is -2.15. The van der Waals surface area contributed by atoms with E-state index in [-0.39, 0.29) is 24.2 Å². The monoisotopic (exact) mass is 307 g/mol. The molecule has 0 bridgehead atoms. The van der Waals surface area contributed by atoms with Crippen LogP contribution < -0.4 is 5.32 Å². The first-order valence-corrected chi connectivity index (χ1v) is 7.49. The van der Waals surface area contributed by atoms with Gasteiger partial charge in [-0.05, 0) is 31.2 Å². The Kier molecular flexibility index (Phi) is 5.32. The molecule has 1 aliphatic heterocycles. The van der Waals surface area contributed by atoms with E-state index >= 15 is 0 Å². The molecule has 7 nitrogen and oxygen atoms in total. The quantitative estimate of drug-likeness (QED) is 0.659. The number of aryl methyl sites for hydroxylation is 1. The van der Waals surface area contributed by atoms with Gasteiger partial charge in [0.25, 0.3) is 5.69 Å². The summed E-state index contributed by atoms with van der Waals surface area (Å²) in [6.45, 7) is 3.07. The van der Waals surface area contributed by atoms with E-state index in [4.69, 9.17) is 0 Å². The van der Waals surface area contributed by atoms with Crippen molar-refractivity contribution in [1.82, 2.24) is 4.90 Å². The van der Waals surface area contributed by atoms with Crippen LogP contribution in [0.5, 0.6) is 0 Å². The molecule has 0 aromatic heterocycles. The molecule has 7 heteroatoms. The number of anilines is 1. The number of piperidine rings is 1. The van der Waals surface area contributed by atoms with Crippen LogP contribution in [-0.2, 0) is 6.42 Å². The number of nitro benzene ring substituents is 1. The lowest BCUT2D eigenvalue weighted by Gasteiger charge is -2.31. The molecule has 1 aromatic carbocycles. The normalized spacial score (nSPS) is 18.1. The molecule has 2 rings (SSSR count). The van der Waals surface area contributed by atoms with Gasteiger partial charge in [-0.3, -0.25) is 10.1 Å². The number of aliphatic hydroxyl groups excluding tert-OH is 1. The van der Waals surface area contributed by atoms with Crippen molar-refractivity contribution in [3.05, 3.63) is 33.9 Å². The number of urea groups is 1. The fourth-order valence-corrected chi connectivity index (χ4v) is 2.71. The molecule has 1 unspecified atom stereocenters. The minimum Gasteiger partial charge on any atom is -0.396 e. The number of rotatable bonds is 4. The van der Waals surface area contributed by atoms with Crippen LogP contribution in [0.25, 0.3) is 0 Å². The molecular formula is C15H21N3O4. The number of aliphatic hydroxyl groups is 1. The zero-order chi connectivity index (χ0) is 16.1. The zero-order valence-electron chi connectivity index (χ0n) is 12.6. The second-order valence-corrected chi connectivity index (χ2v) is 5.52. The SMILES string of the molecule is CCc1ccc(NC(=O)N2CCCC(CO)C2)cc1[N+](=O)[O-]. The maximum Gasteiger partial charge on any atom is 0.321 e. The maximum atomic E-state index is 12.2. The molecule has 120 valence electrons. The molecular weight excluding hydrogens is 286 g/mol. The fourth-order valence-electron chi connectivity index (χ4n) is 2.71. The van der Waals surface area contributed by atoms with E-state index in [9.17, 15) is 20.0 Å². The molecule has 22 heavy (non-hydrogen) atoms. The van der Waals surface area contributed by atoms with Crippen molar-refractivity contribution < 1.29 is 14.8 Å². The third kappa shape index (κ3) is 3.73. The minimum absolute atomic E-state index is 0.0205. The lowest BCUT2D eigenvalue weighted by Crippen LogP contribution is -2.43. The smallest absolute Gasteiger partial charge is 0.321 e. The molecule has 1 aliphatic rings. The zero-order valence-corrected chi connectivity index (χ0v) is 12.6. The van der Waals surface area contributed by atoms with Crippen LogP contribution >= 0.6 is 0 Å². The molecule has 0 spiro atoms. The standard InChI is InChI=1S/C15H21N3O4/c1-2-12-5-6-13(8-14(12)18(21)22)16-15(20)17-7-3-4-11(9-17)10-19/h5-6,8,11,19H,2-4,7,9-10H2,1H3,(H,16,20). The maximum absolute atomic E-state index is 12.2. The van der Waals surface area contributed by atoms with E-state index in [1.807, 2.05) is 6.92 Å². The van der Waals surface area contributed by atoms with Gasteiger partial charge < -0.3 is 15.3 Å². The summed E-state index contributed by atoms with van der Waals surface area (Å²) in [6, 6.07) is 4.46. The van der Waals surface area contributed by atoms with E-state index in [1.165, 1.54) is 6.07 Å². The van der Waals surface area contributed by atoms with Crippen LogP contribution in [0.1, 0.15) is 25.3 Å². The summed E-state index contributed by atoms with van der Waals surface area (Å²) >= 11 is 0. The molecule has 0 aliphatic carbocycles. The van der Waals surface area contributed by atoms with Crippen LogP contribution in [0.3, 0.4) is 0 Å². The van der Waals surface area contributed by atoms with Crippen molar-refractivity contribution >= 4 is 17.4 Å². The molecule has 2 amide bonds. The Bertz CT molecular complexity index is 562. The molecule has 0 saturated carbocycles. The molecule has 1 saturated heterocycles. The summed E-state index contributed by atoms with van der Waals surface area (Å²) in [4.78, 5) is 24.5. The molecule has 1 fully saturated rings. The highest BCUT2D eigenvalue weighted by atomic mass is 16.6. The van der Waals surface area contributed by atoms with Crippen LogP contribution in [0.4, 0.5) is 16.2 Å². The van der Waals surface area contributed by atoms with Crippen LogP contribution in [0, 0.1) is 16.0 Å². The number of hydrogen-bond acceptors (Lipinski definition) is 4. The van der Waals surface area contributed by atoms with E-state index in [0.29, 0.717) is 30.8 Å². The first-order chi connectivity index (χ1) is 10.5. The number of amides is 2. The van der Waals surface area contributed by atoms with Gasteiger partial charge in [0, 0.05) is 37.0 Å². The van der Waals surface area contributed by atoms with Crippen molar-refractivity contribution in [3.8, 4) is 0 Å². The molecule has 2 N–H and O–H groups in total. The van der Waals surface area contributed by atoms with Gasteiger partial charge in [-0.15, -0.1) is 0 Å². The number of carbonyl (C=O) groups excluding carboxylic acids is 1. The number of likely N-dealkylation sites (tertiary alicyclic amines) is 1. The summed E-state index contributed by atoms with van der Waals surface area (Å²) < 4.78 is 0. The van der Waals surface area contributed by atoms with Crippen molar-refractivity contribution in [2.75, 3.05) is 25.0 Å². The topological polar surface area (TPSA) is 95.7 Å². The lowest BCUT2D eigenvalue weighted by molar-refractivity contribution is -0.385. The molecule has 0 radical (unpaired) electrons. The summed E-state index contributed by atoms with van der Waals surface area (Å²) in [7, 11) is 0. The summed E-state index contributed by atoms with van der Waals surface area (Å²) in [5.74, 6) is 0.108. The van der Waals surface area contributed by atoms with E-state index in [0.717, 1.165) is 12.8 Å². The van der Waals surface area contributed by atoms with Gasteiger partial charge in [0.05, 0.1) is 4.92 Å². The summed E-state index contributed by atoms with van der Waals surface area (Å²) in [5.41, 5.74) is 1.08. The van der Waals surface area contributed by atoms with Gasteiger partial charge in [-0.1, -0.05) is 13.0 Å². The van der Waals surface area contributed by atoms with Gasteiger partial charge in [-0.2, -0.15) is 0 Å². The fraction of sp³-hybridized carbons (Fsp3) is 0.533. The van der Waals surface area contributed by atoms with Gasteiger partial charge in [0.15, 0.2) is 0 Å². The van der Waals surface area contributed by atoms with Gasteiger partial charge in [0.2, 0.25) is 0 Å². The summed E-state index contributed by atoms with van der Waals surface area (Å²) in [6.07, 6.45) is 2.33. The molecule has 1 atom stereocenters. The highest BCUT2D eigenvalue weighted by molar-refractivity contribution is 5.89. The lowest BCUT2D eigenvalue weighted by atomic mass is 9.99. The van der Waals surface area contributed by atoms with Gasteiger partial charge in [0.1, 0.15) is 0 Å². The number of nitrogens with one attached hydrogen (secondary N) is 1. The summed E-state index contributed by atoms with van der Waals surface area (Å²) in [5, 5.41) is 23.0. The largest absolute Gasteiger partial charge is 0.396 e. The molecule has 1 heterocycles. The Morgan fingerprint density at radius 3 is 2.95 bits per heavy atom. The highest BCUT2D eigenvalue weighted by Crippen LogP contribution is 2.24. The average molecular weight is 307 g/mol. The second-order valence-electron chi connectivity index (χ2n) is 5.52. The third-order valence-electron chi connectivity index (χ3n) is 3.98. The van der Waals surface area contributed by atoms with Crippen LogP contribution in [0.15, 0.2) is 18.2 Å². The van der Waals surface area contributed by atoms with Crippen LogP contribution in [0.2, 0.25) is 0 Å². The van der Waals surface area contributed by atoms with Gasteiger partial charge in [-0.25, -0.2) is 4.79 Å². The predicted octanol–water partition coefficient (Wildman–Crippen LogP) is 2.39. The minimum atomic E-state index is -0.433. The van der Waals surface area contributed by atoms with Crippen LogP contribution in [-0.4, -0.2) is 40.7 Å². The number of carbonyl (C=O) groups is 1.